The summed E-state index contributed by atoms with van der Waals surface area (Å²) in [6.07, 6.45) is 3.14. The number of amides is 1. The van der Waals surface area contributed by atoms with Gasteiger partial charge in [-0.25, -0.2) is 0 Å². The van der Waals surface area contributed by atoms with Crippen molar-refractivity contribution in [3.05, 3.63) is 11.6 Å². The first kappa shape index (κ1) is 8.89. The zero-order chi connectivity index (χ0) is 8.27. The van der Waals surface area contributed by atoms with E-state index in [-0.39, 0.29) is 5.91 Å². The van der Waals surface area contributed by atoms with Gasteiger partial charge in [0.25, 0.3) is 0 Å². The van der Waals surface area contributed by atoms with Gasteiger partial charge in [0, 0.05) is 0 Å². The minimum absolute atomic E-state index is 0.118. The number of hydrogen-bond acceptors (Lipinski definition) is 1. The van der Waals surface area contributed by atoms with Crippen molar-refractivity contribution in [3.8, 4) is 0 Å². The molecule has 0 atom stereocenters. The van der Waals surface area contributed by atoms with Crippen molar-refractivity contribution in [2.75, 3.05) is 7.05 Å². The van der Waals surface area contributed by atoms with Crippen LogP contribution in [0.15, 0.2) is 11.6 Å². The maximum absolute atomic E-state index is 11.1. The van der Waals surface area contributed by atoms with Crippen LogP contribution in [0.3, 0.4) is 0 Å². The minimum atomic E-state index is -0.501. The molecule has 0 bridgehead atoms. The average Bonchev–Trinajstić information content (AvgIpc) is 2.05. The Balaban J connectivity index is 2.54. The molecule has 0 aromatic heterocycles. The molecular formula is C8H14NOV. The Hall–Kier alpha value is -0.206. The molecule has 0 aromatic rings. The summed E-state index contributed by atoms with van der Waals surface area (Å²) in [7, 11) is 1.69. The van der Waals surface area contributed by atoms with Crippen molar-refractivity contribution in [2.24, 2.45) is 0 Å². The number of hydrogen-bond donors (Lipinski definition) is 1. The summed E-state index contributed by atoms with van der Waals surface area (Å²) in [6.45, 7) is 0. The molecule has 1 heterocycles. The standard InChI is InChI=1S/C7H11NO.CH3.V/c1-4-6(5-2)7(9)8-3;;/h4H,1-2,5H2,3H3,(H,8,9);1H3;. The summed E-state index contributed by atoms with van der Waals surface area (Å²) in [5.41, 5.74) is 3.37. The Bertz CT molecular complexity index is 189. The van der Waals surface area contributed by atoms with Gasteiger partial charge in [0.15, 0.2) is 0 Å². The number of likely N-dealkylation sites (N-methyl/N-ethyl adjacent to an activating group) is 1. The van der Waals surface area contributed by atoms with Gasteiger partial charge in [-0.1, -0.05) is 0 Å². The molecule has 1 amide bonds. The van der Waals surface area contributed by atoms with Gasteiger partial charge in [-0.2, -0.15) is 0 Å². The number of rotatable bonds is 1. The topological polar surface area (TPSA) is 29.1 Å². The second-order valence-corrected chi connectivity index (χ2v) is 6.76. The molecular weight excluding hydrogens is 177 g/mol. The molecule has 0 saturated heterocycles. The average molecular weight is 191 g/mol. The van der Waals surface area contributed by atoms with E-state index in [9.17, 15) is 4.79 Å². The Labute approximate surface area is 72.6 Å². The predicted octanol–water partition coefficient (Wildman–Crippen LogP) is 1.57. The molecule has 1 N–H and O–H groups in total. The summed E-state index contributed by atoms with van der Waals surface area (Å²) in [5, 5.41) is 5.16. The Morgan fingerprint density at radius 1 is 1.73 bits per heavy atom. The van der Waals surface area contributed by atoms with Crippen molar-refractivity contribution in [1.29, 1.82) is 0 Å². The summed E-state index contributed by atoms with van der Waals surface area (Å²) in [4.78, 5) is 11.1. The molecule has 0 radical (unpaired) electrons. The molecule has 1 aliphatic rings. The van der Waals surface area contributed by atoms with Crippen LogP contribution in [0, 0.1) is 0 Å². The van der Waals surface area contributed by atoms with Crippen molar-refractivity contribution < 1.29 is 20.0 Å². The van der Waals surface area contributed by atoms with E-state index in [1.165, 1.54) is 10.3 Å². The first-order valence-corrected chi connectivity index (χ1v) is 7.21. The summed E-state index contributed by atoms with van der Waals surface area (Å²) in [6, 6.07) is 0. The van der Waals surface area contributed by atoms with E-state index >= 15 is 0 Å². The zero-order valence-corrected chi connectivity index (χ0v) is 8.45. The van der Waals surface area contributed by atoms with Gasteiger partial charge in [0.05, 0.1) is 0 Å². The van der Waals surface area contributed by atoms with Crippen molar-refractivity contribution >= 4 is 5.91 Å². The second kappa shape index (κ2) is 3.98. The van der Waals surface area contributed by atoms with E-state index < -0.39 is 15.2 Å². The molecule has 0 aromatic carbocycles. The van der Waals surface area contributed by atoms with Crippen LogP contribution >= 0.6 is 0 Å². The molecule has 0 fully saturated rings. The predicted molar refractivity (Wildman–Crippen MR) is 42.2 cm³/mol. The third-order valence-electron chi connectivity index (χ3n) is 1.93. The van der Waals surface area contributed by atoms with Crippen LogP contribution in [0.5, 0.6) is 0 Å². The van der Waals surface area contributed by atoms with Crippen LogP contribution in [0.4, 0.5) is 0 Å². The van der Waals surface area contributed by atoms with E-state index in [4.69, 9.17) is 0 Å². The molecule has 11 heavy (non-hydrogen) atoms. The van der Waals surface area contributed by atoms with Gasteiger partial charge in [0.2, 0.25) is 0 Å². The van der Waals surface area contributed by atoms with E-state index in [2.05, 4.69) is 17.0 Å². The van der Waals surface area contributed by atoms with Crippen LogP contribution in [-0.2, 0) is 20.0 Å². The van der Waals surface area contributed by atoms with Crippen molar-refractivity contribution in [2.45, 2.75) is 22.3 Å². The fraction of sp³-hybridized carbons (Fsp3) is 0.625. The van der Waals surface area contributed by atoms with Gasteiger partial charge in [0.1, 0.15) is 0 Å². The summed E-state index contributed by atoms with van der Waals surface area (Å²) in [5.74, 6) is 0.118. The van der Waals surface area contributed by atoms with E-state index in [1.54, 1.807) is 7.05 Å². The molecule has 0 unspecified atom stereocenters. The van der Waals surface area contributed by atoms with E-state index in [1.807, 2.05) is 0 Å². The first-order valence-electron chi connectivity index (χ1n) is 3.83. The summed E-state index contributed by atoms with van der Waals surface area (Å²) >= 11 is -0.501. The van der Waals surface area contributed by atoms with Crippen LogP contribution in [0.2, 0.25) is 15.9 Å². The molecule has 2 nitrogen and oxygen atoms in total. The Morgan fingerprint density at radius 3 is 2.91 bits per heavy atom. The number of allylic oxidation sites excluding steroid dienone is 1. The Kier molecular flexibility index (Phi) is 3.22. The van der Waals surface area contributed by atoms with Crippen LogP contribution in [0.25, 0.3) is 0 Å². The number of nitrogens with one attached hydrogen (secondary N) is 1. The van der Waals surface area contributed by atoms with Crippen LogP contribution in [0.1, 0.15) is 6.42 Å². The fourth-order valence-electron chi connectivity index (χ4n) is 1.14. The van der Waals surface area contributed by atoms with Gasteiger partial charge < -0.3 is 0 Å². The summed E-state index contributed by atoms with van der Waals surface area (Å²) < 4.78 is 0. The Morgan fingerprint density at radius 2 is 2.45 bits per heavy atom. The molecule has 1 rings (SSSR count). The molecule has 62 valence electrons. The van der Waals surface area contributed by atoms with Gasteiger partial charge in [-0.3, -0.25) is 0 Å². The molecule has 1 aliphatic heterocycles. The quantitative estimate of drug-likeness (QED) is 0.669. The van der Waals surface area contributed by atoms with Crippen molar-refractivity contribution in [1.82, 2.24) is 5.32 Å². The van der Waals surface area contributed by atoms with Crippen LogP contribution < -0.4 is 5.32 Å². The van der Waals surface area contributed by atoms with E-state index in [0.29, 0.717) is 0 Å². The molecule has 0 aliphatic carbocycles. The van der Waals surface area contributed by atoms with Crippen molar-refractivity contribution in [3.63, 3.8) is 0 Å². The molecule has 0 spiro atoms. The first-order chi connectivity index (χ1) is 5.24. The third-order valence-corrected chi connectivity index (χ3v) is 4.73. The number of carbonyl (C=O) groups excluding carboxylic acids is 1. The second-order valence-electron chi connectivity index (χ2n) is 2.82. The van der Waals surface area contributed by atoms with Gasteiger partial charge in [-0.15, -0.1) is 0 Å². The molecule has 3 heteroatoms. The van der Waals surface area contributed by atoms with E-state index in [0.717, 1.165) is 12.0 Å². The van der Waals surface area contributed by atoms with Gasteiger partial charge in [-0.05, 0) is 0 Å². The monoisotopic (exact) mass is 191 g/mol. The van der Waals surface area contributed by atoms with Gasteiger partial charge >= 0.3 is 72.2 Å². The van der Waals surface area contributed by atoms with Crippen LogP contribution in [-0.4, -0.2) is 13.0 Å². The number of carbonyl (C=O) groups is 1. The SMILES string of the molecule is CNC(=O)C1=C[CH2][V]([CH3])[CH2]C1. The fourth-order valence-corrected chi connectivity index (χ4v) is 3.23. The molecule has 0 saturated carbocycles. The zero-order valence-electron chi connectivity index (χ0n) is 7.05. The normalized spacial score (nSPS) is 19.3. The maximum atomic E-state index is 11.1. The third kappa shape index (κ3) is 2.39.